The lowest BCUT2D eigenvalue weighted by Gasteiger charge is -2.38. The second-order valence-electron chi connectivity index (χ2n) is 11.0. The number of rotatable bonds is 11. The Hall–Kier alpha value is -2.53. The number of aliphatic hydroxyl groups excluding tert-OH is 2. The van der Waals surface area contributed by atoms with Gasteiger partial charge in [0, 0.05) is 32.7 Å². The van der Waals surface area contributed by atoms with Crippen LogP contribution in [-0.4, -0.2) is 119 Å². The van der Waals surface area contributed by atoms with Crippen LogP contribution < -0.4 is 19.7 Å². The summed E-state index contributed by atoms with van der Waals surface area (Å²) in [5, 5.41) is 22.7. The van der Waals surface area contributed by atoms with Gasteiger partial charge in [0.2, 0.25) is 15.9 Å². The van der Waals surface area contributed by atoms with Crippen molar-refractivity contribution in [3.8, 4) is 11.6 Å². The SMILES string of the molecule is CN1CCOc2ncc(S(=O)(=O)N3CCC4(CC3)CC(NCC(O)COc3cccc(S(=O)(=O)CCO)c3)CO4)cc21. The summed E-state index contributed by atoms with van der Waals surface area (Å²) >= 11 is 0. The van der Waals surface area contributed by atoms with Gasteiger partial charge in [-0.2, -0.15) is 4.31 Å². The number of likely N-dealkylation sites (N-methyl/N-ethyl adjacent to an activating group) is 1. The molecule has 0 aliphatic carbocycles. The Kier molecular flexibility index (Phi) is 9.27. The summed E-state index contributed by atoms with van der Waals surface area (Å²) in [6.07, 6.45) is 2.33. The number of piperidine rings is 1. The monoisotopic (exact) mass is 626 g/mol. The van der Waals surface area contributed by atoms with Crippen molar-refractivity contribution in [3.05, 3.63) is 36.5 Å². The van der Waals surface area contributed by atoms with Crippen LogP contribution in [0.25, 0.3) is 0 Å². The van der Waals surface area contributed by atoms with E-state index in [1.807, 2.05) is 11.9 Å². The third kappa shape index (κ3) is 6.82. The summed E-state index contributed by atoms with van der Waals surface area (Å²) in [7, 11) is -5.44. The smallest absolute Gasteiger partial charge is 0.244 e. The Labute approximate surface area is 246 Å². The minimum Gasteiger partial charge on any atom is -0.491 e. The van der Waals surface area contributed by atoms with Crippen molar-refractivity contribution in [3.63, 3.8) is 0 Å². The van der Waals surface area contributed by atoms with Crippen molar-refractivity contribution in [1.29, 1.82) is 0 Å². The molecule has 2 fully saturated rings. The Balaban J connectivity index is 1.08. The van der Waals surface area contributed by atoms with Crippen LogP contribution in [0.4, 0.5) is 5.69 Å². The molecule has 0 amide bonds. The van der Waals surface area contributed by atoms with E-state index in [-0.39, 0.29) is 34.7 Å². The van der Waals surface area contributed by atoms with E-state index in [1.54, 1.807) is 18.2 Å². The standard InChI is InChI=1S/C27H38N4O9S2/c1-30-9-11-38-26-25(30)14-24(17-29-26)42(36,37)31-7-5-27(6-8-31)15-20(18-40-27)28-16-21(33)19-39-22-3-2-4-23(13-22)41(34,35)12-10-32/h2-4,13-14,17,20-21,28,32-33H,5-12,15-16,18-19H2,1H3. The molecule has 232 valence electrons. The van der Waals surface area contributed by atoms with Gasteiger partial charge in [0.25, 0.3) is 0 Å². The van der Waals surface area contributed by atoms with Gasteiger partial charge in [-0.05, 0) is 43.5 Å². The molecule has 2 aromatic rings. The van der Waals surface area contributed by atoms with E-state index < -0.39 is 38.2 Å². The number of hydrogen-bond acceptors (Lipinski definition) is 12. The van der Waals surface area contributed by atoms with Gasteiger partial charge in [0.1, 0.15) is 35.7 Å². The fourth-order valence-corrected chi connectivity index (χ4v) is 7.97. The van der Waals surface area contributed by atoms with Gasteiger partial charge < -0.3 is 34.6 Å². The molecule has 3 aliphatic heterocycles. The van der Waals surface area contributed by atoms with Crippen LogP contribution >= 0.6 is 0 Å². The number of benzene rings is 1. The first-order chi connectivity index (χ1) is 20.0. The highest BCUT2D eigenvalue weighted by molar-refractivity contribution is 7.91. The molecule has 2 atom stereocenters. The molecule has 0 radical (unpaired) electrons. The highest BCUT2D eigenvalue weighted by Crippen LogP contribution is 2.38. The second-order valence-corrected chi connectivity index (χ2v) is 15.0. The minimum absolute atomic E-state index is 0.00450. The summed E-state index contributed by atoms with van der Waals surface area (Å²) in [5.41, 5.74) is 0.240. The van der Waals surface area contributed by atoms with Crippen molar-refractivity contribution in [1.82, 2.24) is 14.6 Å². The number of ether oxygens (including phenoxy) is 3. The number of anilines is 1. The molecule has 5 rings (SSSR count). The summed E-state index contributed by atoms with van der Waals surface area (Å²) < 4.78 is 69.9. The van der Waals surface area contributed by atoms with E-state index in [0.717, 1.165) is 0 Å². The molecular weight excluding hydrogens is 588 g/mol. The molecule has 2 saturated heterocycles. The predicted molar refractivity (Wildman–Crippen MR) is 153 cm³/mol. The van der Waals surface area contributed by atoms with Crippen molar-refractivity contribution in [2.75, 3.05) is 70.3 Å². The fraction of sp³-hybridized carbons (Fsp3) is 0.593. The number of fused-ring (bicyclic) bond motifs is 1. The maximum Gasteiger partial charge on any atom is 0.244 e. The van der Waals surface area contributed by atoms with E-state index in [4.69, 9.17) is 19.3 Å². The molecule has 0 saturated carbocycles. The van der Waals surface area contributed by atoms with Crippen molar-refractivity contribution < 1.29 is 41.3 Å². The van der Waals surface area contributed by atoms with Crippen LogP contribution in [-0.2, 0) is 24.6 Å². The number of aromatic nitrogens is 1. The number of nitrogens with one attached hydrogen (secondary N) is 1. The number of pyridine rings is 1. The molecule has 3 aliphatic rings. The number of hydrogen-bond donors (Lipinski definition) is 3. The summed E-state index contributed by atoms with van der Waals surface area (Å²) in [6, 6.07) is 7.58. The van der Waals surface area contributed by atoms with Crippen LogP contribution in [0.5, 0.6) is 11.6 Å². The molecular formula is C27H38N4O9S2. The summed E-state index contributed by atoms with van der Waals surface area (Å²) in [4.78, 5) is 6.37. The van der Waals surface area contributed by atoms with Crippen molar-refractivity contribution >= 4 is 25.5 Å². The molecule has 1 aromatic carbocycles. The lowest BCUT2D eigenvalue weighted by molar-refractivity contribution is -0.0312. The number of aliphatic hydroxyl groups is 2. The minimum atomic E-state index is -3.72. The summed E-state index contributed by atoms with van der Waals surface area (Å²) in [6.45, 7) is 2.03. The van der Waals surface area contributed by atoms with E-state index in [0.29, 0.717) is 69.4 Å². The summed E-state index contributed by atoms with van der Waals surface area (Å²) in [5.74, 6) is 0.375. The molecule has 15 heteroatoms. The number of sulfonamides is 1. The van der Waals surface area contributed by atoms with Crippen LogP contribution in [0.2, 0.25) is 0 Å². The van der Waals surface area contributed by atoms with E-state index in [9.17, 15) is 21.9 Å². The first-order valence-corrected chi connectivity index (χ1v) is 17.1. The topological polar surface area (TPSA) is 168 Å². The van der Waals surface area contributed by atoms with Gasteiger partial charge in [-0.15, -0.1) is 0 Å². The zero-order chi connectivity index (χ0) is 30.0. The lowest BCUT2D eigenvalue weighted by Crippen LogP contribution is -2.47. The Bertz CT molecular complexity index is 1460. The largest absolute Gasteiger partial charge is 0.491 e. The maximum absolute atomic E-state index is 13.4. The van der Waals surface area contributed by atoms with Crippen LogP contribution in [0.3, 0.4) is 0 Å². The molecule has 4 heterocycles. The van der Waals surface area contributed by atoms with Crippen LogP contribution in [0, 0.1) is 0 Å². The van der Waals surface area contributed by atoms with Gasteiger partial charge in [-0.3, -0.25) is 0 Å². The molecule has 0 bridgehead atoms. The third-order valence-corrected chi connectivity index (χ3v) is 11.5. The van der Waals surface area contributed by atoms with Crippen LogP contribution in [0.1, 0.15) is 19.3 Å². The quantitative estimate of drug-likeness (QED) is 0.306. The van der Waals surface area contributed by atoms with E-state index in [2.05, 4.69) is 10.3 Å². The van der Waals surface area contributed by atoms with Gasteiger partial charge in [-0.25, -0.2) is 21.8 Å². The second kappa shape index (κ2) is 12.6. The zero-order valence-corrected chi connectivity index (χ0v) is 25.1. The first kappa shape index (κ1) is 30.9. The Morgan fingerprint density at radius 1 is 1.17 bits per heavy atom. The third-order valence-electron chi connectivity index (χ3n) is 7.97. The average molecular weight is 627 g/mol. The zero-order valence-electron chi connectivity index (χ0n) is 23.5. The highest BCUT2D eigenvalue weighted by Gasteiger charge is 2.45. The Morgan fingerprint density at radius 3 is 2.71 bits per heavy atom. The number of nitrogens with zero attached hydrogens (tertiary/aromatic N) is 3. The van der Waals surface area contributed by atoms with Crippen molar-refractivity contribution in [2.24, 2.45) is 0 Å². The molecule has 13 nitrogen and oxygen atoms in total. The Morgan fingerprint density at radius 2 is 1.95 bits per heavy atom. The van der Waals surface area contributed by atoms with Gasteiger partial charge in [0.05, 0.1) is 42.2 Å². The van der Waals surface area contributed by atoms with Crippen LogP contribution in [0.15, 0.2) is 46.3 Å². The molecule has 3 N–H and O–H groups in total. The lowest BCUT2D eigenvalue weighted by atomic mass is 9.88. The normalized spacial score (nSPS) is 21.6. The molecule has 1 aromatic heterocycles. The van der Waals surface area contributed by atoms with E-state index >= 15 is 0 Å². The molecule has 42 heavy (non-hydrogen) atoms. The van der Waals surface area contributed by atoms with Crippen molar-refractivity contribution in [2.45, 2.75) is 46.8 Å². The predicted octanol–water partition coefficient (Wildman–Crippen LogP) is 0.0179. The van der Waals surface area contributed by atoms with E-state index in [1.165, 1.54) is 22.6 Å². The van der Waals surface area contributed by atoms with Gasteiger partial charge >= 0.3 is 0 Å². The maximum atomic E-state index is 13.4. The number of sulfone groups is 1. The average Bonchev–Trinajstić information content (AvgIpc) is 3.37. The van der Waals surface area contributed by atoms with Gasteiger partial charge in [0.15, 0.2) is 9.84 Å². The van der Waals surface area contributed by atoms with Gasteiger partial charge in [-0.1, -0.05) is 6.07 Å². The molecule has 2 unspecified atom stereocenters. The highest BCUT2D eigenvalue weighted by atomic mass is 32.2. The molecule has 1 spiro atoms. The fourth-order valence-electron chi connectivity index (χ4n) is 5.50. The first-order valence-electron chi connectivity index (χ1n) is 14.0.